The molecule has 2 heteroatoms. The van der Waals surface area contributed by atoms with Gasteiger partial charge in [-0.25, -0.2) is 0 Å². The Labute approximate surface area is 72.4 Å². The standard InChI is InChI=1S/C4H10.C3H9NS.CH4/c1-3-4-2;1-3-4(2)5;/h3-4H2,1-2H3;5H,3H2,1-2H3;1H4. The number of thiol groups is 1. The molecule has 0 bridgehead atoms. The summed E-state index contributed by atoms with van der Waals surface area (Å²) in [6.45, 7) is 7.41. The molecule has 0 spiro atoms. The first-order chi connectivity index (χ1) is 4.18. The third kappa shape index (κ3) is 40.5. The lowest BCUT2D eigenvalue weighted by atomic mass is 10.4. The van der Waals surface area contributed by atoms with Crippen LogP contribution in [0.15, 0.2) is 0 Å². The lowest BCUT2D eigenvalue weighted by Gasteiger charge is -1.98. The van der Waals surface area contributed by atoms with Gasteiger partial charge in [0, 0.05) is 6.54 Å². The Morgan fingerprint density at radius 1 is 1.10 bits per heavy atom. The molecule has 0 aromatic rings. The Morgan fingerprint density at radius 2 is 1.30 bits per heavy atom. The number of rotatable bonds is 2. The molecule has 0 rings (SSSR count). The molecule has 0 heterocycles. The quantitative estimate of drug-likeness (QED) is 0.615. The summed E-state index contributed by atoms with van der Waals surface area (Å²) in [5.41, 5.74) is 0. The highest BCUT2D eigenvalue weighted by Crippen LogP contribution is 1.79. The Kier molecular flexibility index (Phi) is 27.0. The second kappa shape index (κ2) is 16.1. The van der Waals surface area contributed by atoms with Crippen molar-refractivity contribution in [2.75, 3.05) is 13.6 Å². The average Bonchev–Trinajstić information content (AvgIpc) is 1.89. The van der Waals surface area contributed by atoms with Crippen LogP contribution in [-0.2, 0) is 0 Å². The first-order valence-corrected chi connectivity index (χ1v) is 3.98. The molecule has 10 heavy (non-hydrogen) atoms. The van der Waals surface area contributed by atoms with Gasteiger partial charge >= 0.3 is 0 Å². The fraction of sp³-hybridized carbons (Fsp3) is 1.00. The minimum atomic E-state index is 0. The van der Waals surface area contributed by atoms with Gasteiger partial charge in [0.1, 0.15) is 0 Å². The van der Waals surface area contributed by atoms with Gasteiger partial charge in [0.2, 0.25) is 0 Å². The fourth-order valence-corrected chi connectivity index (χ4v) is 0. The van der Waals surface area contributed by atoms with Crippen molar-refractivity contribution in [2.45, 2.75) is 41.0 Å². The monoisotopic (exact) mass is 165 g/mol. The van der Waals surface area contributed by atoms with Crippen molar-refractivity contribution >= 4 is 12.8 Å². The van der Waals surface area contributed by atoms with E-state index in [9.17, 15) is 0 Å². The maximum Gasteiger partial charge on any atom is 0.00554 e. The molecule has 0 aliphatic heterocycles. The van der Waals surface area contributed by atoms with Gasteiger partial charge in [-0.1, -0.05) is 53.9 Å². The second-order valence-electron chi connectivity index (χ2n) is 1.97. The van der Waals surface area contributed by atoms with E-state index in [1.807, 2.05) is 18.3 Å². The topological polar surface area (TPSA) is 3.24 Å². The molecule has 0 aliphatic carbocycles. The molecule has 0 fully saturated rings. The van der Waals surface area contributed by atoms with E-state index in [-0.39, 0.29) is 7.43 Å². The minimum Gasteiger partial charge on any atom is -0.257 e. The van der Waals surface area contributed by atoms with E-state index in [2.05, 4.69) is 26.7 Å². The fourth-order valence-electron chi connectivity index (χ4n) is 0. The van der Waals surface area contributed by atoms with Gasteiger partial charge in [-0.2, -0.15) is 0 Å². The van der Waals surface area contributed by atoms with E-state index >= 15 is 0 Å². The maximum atomic E-state index is 3.93. The molecule has 0 N–H and O–H groups in total. The maximum absolute atomic E-state index is 3.93. The lowest BCUT2D eigenvalue weighted by Crippen LogP contribution is -2.00. The van der Waals surface area contributed by atoms with Crippen molar-refractivity contribution in [1.29, 1.82) is 0 Å². The van der Waals surface area contributed by atoms with Gasteiger partial charge in [0.25, 0.3) is 0 Å². The van der Waals surface area contributed by atoms with Crippen LogP contribution in [0.2, 0.25) is 0 Å². The van der Waals surface area contributed by atoms with Gasteiger partial charge in [-0.15, -0.1) is 0 Å². The highest BCUT2D eigenvalue weighted by molar-refractivity contribution is 7.77. The Morgan fingerprint density at radius 3 is 1.30 bits per heavy atom. The van der Waals surface area contributed by atoms with Gasteiger partial charge in [0.05, 0.1) is 0 Å². The van der Waals surface area contributed by atoms with Crippen molar-refractivity contribution in [3.8, 4) is 0 Å². The van der Waals surface area contributed by atoms with Crippen LogP contribution in [0.4, 0.5) is 0 Å². The Hall–Kier alpha value is 0.310. The number of nitrogens with zero attached hydrogens (tertiary/aromatic N) is 1. The predicted molar refractivity (Wildman–Crippen MR) is 54.6 cm³/mol. The van der Waals surface area contributed by atoms with E-state index in [1.54, 1.807) is 0 Å². The van der Waals surface area contributed by atoms with Crippen molar-refractivity contribution in [3.05, 3.63) is 0 Å². The summed E-state index contributed by atoms with van der Waals surface area (Å²) >= 11 is 3.93. The molecule has 0 saturated carbocycles. The zero-order valence-electron chi connectivity index (χ0n) is 7.02. The molecule has 0 aromatic heterocycles. The van der Waals surface area contributed by atoms with Crippen LogP contribution in [-0.4, -0.2) is 17.9 Å². The molecule has 1 nitrogen and oxygen atoms in total. The van der Waals surface area contributed by atoms with Gasteiger partial charge in [-0.3, -0.25) is 4.31 Å². The minimum absolute atomic E-state index is 0. The lowest BCUT2D eigenvalue weighted by molar-refractivity contribution is 0.611. The molecule has 0 radical (unpaired) electrons. The summed E-state index contributed by atoms with van der Waals surface area (Å²) in [6.07, 6.45) is 2.64. The molecule has 0 aliphatic rings. The molecule has 0 atom stereocenters. The first-order valence-electron chi connectivity index (χ1n) is 3.58. The summed E-state index contributed by atoms with van der Waals surface area (Å²) in [5, 5.41) is 0. The molecule has 0 unspecified atom stereocenters. The zero-order chi connectivity index (χ0) is 7.70. The first kappa shape index (κ1) is 16.7. The summed E-state index contributed by atoms with van der Waals surface area (Å²) in [7, 11) is 1.92. The highest BCUT2D eigenvalue weighted by atomic mass is 32.1. The second-order valence-corrected chi connectivity index (χ2v) is 2.66. The van der Waals surface area contributed by atoms with Crippen LogP contribution in [0, 0.1) is 0 Å². The molecule has 66 valence electrons. The molecule has 0 saturated heterocycles. The third-order valence-corrected chi connectivity index (χ3v) is 1.24. The van der Waals surface area contributed by atoms with Crippen LogP contribution < -0.4 is 0 Å². The van der Waals surface area contributed by atoms with E-state index < -0.39 is 0 Å². The Bertz CT molecular complexity index is 36.2. The smallest absolute Gasteiger partial charge is 0.00554 e. The zero-order valence-corrected chi connectivity index (χ0v) is 7.91. The molecule has 0 aromatic carbocycles. The summed E-state index contributed by atoms with van der Waals surface area (Å²) in [6, 6.07) is 0. The summed E-state index contributed by atoms with van der Waals surface area (Å²) in [5.74, 6) is 0. The van der Waals surface area contributed by atoms with Gasteiger partial charge in [0.15, 0.2) is 0 Å². The SMILES string of the molecule is C.CCCC.CCN(C)S. The van der Waals surface area contributed by atoms with Crippen LogP contribution in [0.25, 0.3) is 0 Å². The Balaban J connectivity index is -0.0000000910. The van der Waals surface area contributed by atoms with E-state index in [0.29, 0.717) is 0 Å². The van der Waals surface area contributed by atoms with Crippen molar-refractivity contribution in [1.82, 2.24) is 4.31 Å². The molecule has 0 amide bonds. The molecular formula is C8H23NS. The van der Waals surface area contributed by atoms with E-state index in [0.717, 1.165) is 6.54 Å². The van der Waals surface area contributed by atoms with Crippen LogP contribution in [0.3, 0.4) is 0 Å². The average molecular weight is 165 g/mol. The van der Waals surface area contributed by atoms with Crippen molar-refractivity contribution < 1.29 is 0 Å². The number of hydrogen-bond donors (Lipinski definition) is 1. The summed E-state index contributed by atoms with van der Waals surface area (Å²) in [4.78, 5) is 0. The highest BCUT2D eigenvalue weighted by Gasteiger charge is 1.73. The van der Waals surface area contributed by atoms with Gasteiger partial charge < -0.3 is 0 Å². The largest absolute Gasteiger partial charge is 0.257 e. The van der Waals surface area contributed by atoms with E-state index in [4.69, 9.17) is 0 Å². The van der Waals surface area contributed by atoms with Crippen LogP contribution in [0.5, 0.6) is 0 Å². The normalized spacial score (nSPS) is 7.80. The van der Waals surface area contributed by atoms with Crippen LogP contribution in [0.1, 0.15) is 41.0 Å². The number of unbranched alkanes of at least 4 members (excludes halogenated alkanes) is 1. The molecular weight excluding hydrogens is 142 g/mol. The predicted octanol–water partition coefficient (Wildman–Crippen LogP) is 3.23. The van der Waals surface area contributed by atoms with Crippen molar-refractivity contribution in [3.63, 3.8) is 0 Å². The van der Waals surface area contributed by atoms with Gasteiger partial charge in [-0.05, 0) is 7.05 Å². The summed E-state index contributed by atoms with van der Waals surface area (Å²) < 4.78 is 1.82. The van der Waals surface area contributed by atoms with Crippen LogP contribution >= 0.6 is 12.8 Å². The third-order valence-electron chi connectivity index (χ3n) is 0.958. The van der Waals surface area contributed by atoms with Crippen molar-refractivity contribution in [2.24, 2.45) is 0 Å². The van der Waals surface area contributed by atoms with E-state index in [1.165, 1.54) is 12.8 Å². The number of hydrogen-bond acceptors (Lipinski definition) is 2.